The lowest BCUT2D eigenvalue weighted by Gasteiger charge is -2.22. The number of hydrogen-bond acceptors (Lipinski definition) is 6. The molecule has 1 aliphatic rings. The van der Waals surface area contributed by atoms with Gasteiger partial charge in [0.05, 0.1) is 13.1 Å². The van der Waals surface area contributed by atoms with Crippen molar-refractivity contribution >= 4 is 24.5 Å². The Hall–Kier alpha value is -2.87. The Morgan fingerprint density at radius 3 is 2.10 bits per heavy atom. The van der Waals surface area contributed by atoms with Crippen LogP contribution < -0.4 is 10.2 Å². The Labute approximate surface area is 185 Å². The van der Waals surface area contributed by atoms with E-state index in [1.165, 1.54) is 23.1 Å². The Morgan fingerprint density at radius 1 is 1.13 bits per heavy atom. The monoisotopic (exact) mass is 433 g/mol. The number of benzene rings is 1. The van der Waals surface area contributed by atoms with E-state index in [-0.39, 0.29) is 25.5 Å². The number of carbonyl (C=O) groups is 2. The molecule has 1 aliphatic heterocycles. The van der Waals surface area contributed by atoms with Gasteiger partial charge in [0.2, 0.25) is 0 Å². The van der Waals surface area contributed by atoms with Gasteiger partial charge in [0.25, 0.3) is 0 Å². The maximum atomic E-state index is 13.3. The normalized spacial score (nSPS) is 15.1. The lowest BCUT2D eigenvalue weighted by Crippen LogP contribution is -2.47. The van der Waals surface area contributed by atoms with Crippen LogP contribution in [0.3, 0.4) is 0 Å². The van der Waals surface area contributed by atoms with Crippen LogP contribution in [0.4, 0.5) is 4.39 Å². The van der Waals surface area contributed by atoms with E-state index in [4.69, 9.17) is 14.0 Å². The average molecular weight is 433 g/mol. The first-order valence-electron chi connectivity index (χ1n) is 10.4. The molecule has 0 radical (unpaired) electrons. The molecule has 0 N–H and O–H groups in total. The number of ether oxygens (including phenoxy) is 1. The van der Waals surface area contributed by atoms with E-state index in [0.29, 0.717) is 16.8 Å². The molecule has 2 rings (SSSR count). The van der Waals surface area contributed by atoms with Crippen molar-refractivity contribution in [1.29, 1.82) is 0 Å². The first-order valence-corrected chi connectivity index (χ1v) is 10.4. The minimum absolute atomic E-state index is 0.00618. The van der Waals surface area contributed by atoms with Crippen LogP contribution in [-0.2, 0) is 18.9 Å². The van der Waals surface area contributed by atoms with Crippen molar-refractivity contribution in [2.24, 2.45) is 0 Å². The van der Waals surface area contributed by atoms with Crippen LogP contribution in [0.2, 0.25) is 0 Å². The Bertz CT molecular complexity index is 742. The molecule has 1 aromatic carbocycles. The zero-order valence-electron chi connectivity index (χ0n) is 19.3. The van der Waals surface area contributed by atoms with E-state index in [1.807, 2.05) is 27.7 Å². The smallest absolute Gasteiger partial charge is 0.494 e. The molecule has 6 nitrogen and oxygen atoms in total. The molecule has 1 heterocycles. The number of nitrogens with zero attached hydrogens (tertiary/aromatic N) is 1. The van der Waals surface area contributed by atoms with Crippen molar-refractivity contribution < 1.29 is 28.0 Å². The summed E-state index contributed by atoms with van der Waals surface area (Å²) < 4.78 is 29.3. The second kappa shape index (κ2) is 15.9. The van der Waals surface area contributed by atoms with Gasteiger partial charge in [0, 0.05) is 5.46 Å². The number of rotatable bonds is 6. The summed E-state index contributed by atoms with van der Waals surface area (Å²) in [6.45, 7) is 13.4. The van der Waals surface area contributed by atoms with Crippen molar-refractivity contribution in [1.82, 2.24) is 4.90 Å². The fourth-order valence-corrected chi connectivity index (χ4v) is 2.28. The van der Waals surface area contributed by atoms with Gasteiger partial charge in [0.15, 0.2) is 0 Å². The van der Waals surface area contributed by atoms with Crippen LogP contribution in [-0.4, -0.2) is 50.7 Å². The third-order valence-corrected chi connectivity index (χ3v) is 3.69. The van der Waals surface area contributed by atoms with Gasteiger partial charge in [-0.2, -0.15) is 0 Å². The van der Waals surface area contributed by atoms with E-state index in [0.717, 1.165) is 0 Å². The molecule has 8 heteroatoms. The molecule has 0 amide bonds. The van der Waals surface area contributed by atoms with Gasteiger partial charge in [-0.15, -0.1) is 0 Å². The Kier molecular flexibility index (Phi) is 14.4. The fourth-order valence-electron chi connectivity index (χ4n) is 2.28. The highest BCUT2D eigenvalue weighted by Crippen LogP contribution is 2.12. The van der Waals surface area contributed by atoms with Gasteiger partial charge in [-0.25, -0.2) is 4.39 Å². The third-order valence-electron chi connectivity index (χ3n) is 3.69. The van der Waals surface area contributed by atoms with Crippen LogP contribution in [0.1, 0.15) is 34.6 Å². The van der Waals surface area contributed by atoms with E-state index in [1.54, 1.807) is 38.2 Å². The molecule has 0 unspecified atom stereocenters. The van der Waals surface area contributed by atoms with Crippen molar-refractivity contribution in [3.8, 4) is 5.75 Å². The number of allylic oxidation sites excluding steroid dienone is 3. The third kappa shape index (κ3) is 10.6. The quantitative estimate of drug-likeness (QED) is 0.502. The number of hydrogen-bond donors (Lipinski definition) is 0. The van der Waals surface area contributed by atoms with Gasteiger partial charge in [-0.1, -0.05) is 58.6 Å². The number of likely N-dealkylation sites (N-methyl/N-ethyl adjacent to an activating group) is 1. The minimum atomic E-state index is -1.10. The predicted molar refractivity (Wildman–Crippen MR) is 123 cm³/mol. The van der Waals surface area contributed by atoms with Crippen LogP contribution >= 0.6 is 0 Å². The van der Waals surface area contributed by atoms with E-state index >= 15 is 0 Å². The highest BCUT2D eigenvalue weighted by atomic mass is 19.1. The van der Waals surface area contributed by atoms with Crippen molar-refractivity contribution in [2.75, 3.05) is 26.7 Å². The molecule has 0 bridgehead atoms. The molecular weight excluding hydrogens is 400 g/mol. The largest absolute Gasteiger partial charge is 0.636 e. The predicted octanol–water partition coefficient (Wildman–Crippen LogP) is 3.83. The van der Waals surface area contributed by atoms with E-state index < -0.39 is 19.1 Å². The SMILES string of the molecule is C=C/C(=C\C(F)=C/C)COc1ccc(B2OC(=O)CN(C)CC(=O)O2)cc1.CC.CC. The molecule has 31 heavy (non-hydrogen) atoms. The first-order chi connectivity index (χ1) is 14.9. The fraction of sp³-hybridized carbons (Fsp3) is 0.391. The Balaban J connectivity index is 0.00000212. The first kappa shape index (κ1) is 28.1. The van der Waals surface area contributed by atoms with E-state index in [9.17, 15) is 14.0 Å². The van der Waals surface area contributed by atoms with Crippen LogP contribution in [0.25, 0.3) is 0 Å². The zero-order chi connectivity index (χ0) is 23.8. The van der Waals surface area contributed by atoms with E-state index in [2.05, 4.69) is 6.58 Å². The van der Waals surface area contributed by atoms with Crippen LogP contribution in [0.15, 0.2) is 60.5 Å². The molecule has 1 aromatic rings. The van der Waals surface area contributed by atoms with Crippen LogP contribution in [0.5, 0.6) is 5.75 Å². The molecule has 0 aromatic heterocycles. The average Bonchev–Trinajstić information content (AvgIpc) is 2.77. The second-order valence-corrected chi connectivity index (χ2v) is 5.94. The van der Waals surface area contributed by atoms with Crippen molar-refractivity contribution in [3.63, 3.8) is 0 Å². The van der Waals surface area contributed by atoms with Gasteiger partial charge in [-0.05, 0) is 37.8 Å². The summed E-state index contributed by atoms with van der Waals surface area (Å²) in [6.07, 6.45) is 4.20. The number of halogens is 1. The minimum Gasteiger partial charge on any atom is -0.494 e. The highest BCUT2D eigenvalue weighted by Gasteiger charge is 2.33. The maximum Gasteiger partial charge on any atom is 0.636 e. The maximum absolute atomic E-state index is 13.3. The topological polar surface area (TPSA) is 65.1 Å². The molecule has 1 saturated heterocycles. The molecule has 0 aliphatic carbocycles. The lowest BCUT2D eigenvalue weighted by molar-refractivity contribution is -0.145. The highest BCUT2D eigenvalue weighted by molar-refractivity contribution is 6.64. The summed E-state index contributed by atoms with van der Waals surface area (Å²) in [4.78, 5) is 25.1. The molecule has 170 valence electrons. The second-order valence-electron chi connectivity index (χ2n) is 5.94. The molecule has 0 spiro atoms. The standard InChI is InChI=1S/C19H21BFNO5.2C2H6/c1-4-14(10-16(21)5-2)13-25-17-8-6-15(7-9-17)20-26-18(23)11-22(3)12-19(24)27-20;2*1-2/h4-10H,1,11-13H2,2-3H3;2*1-2H3/b14-10+,16-5+;;. The summed E-state index contributed by atoms with van der Waals surface area (Å²) >= 11 is 0. The molecule has 0 atom stereocenters. The van der Waals surface area contributed by atoms with Gasteiger partial charge < -0.3 is 14.0 Å². The summed E-state index contributed by atoms with van der Waals surface area (Å²) in [5, 5.41) is 0. The summed E-state index contributed by atoms with van der Waals surface area (Å²) in [5.41, 5.74) is 1.09. The molecule has 0 saturated carbocycles. The van der Waals surface area contributed by atoms with Gasteiger partial charge >= 0.3 is 19.1 Å². The molecular formula is C23H33BFNO5. The van der Waals surface area contributed by atoms with Gasteiger partial charge in [-0.3, -0.25) is 14.5 Å². The van der Waals surface area contributed by atoms with Crippen LogP contribution in [0, 0.1) is 0 Å². The molecule has 1 fully saturated rings. The summed E-state index contributed by atoms with van der Waals surface area (Å²) in [5.74, 6) is -0.817. The van der Waals surface area contributed by atoms with Crippen molar-refractivity contribution in [2.45, 2.75) is 34.6 Å². The van der Waals surface area contributed by atoms with Gasteiger partial charge in [0.1, 0.15) is 18.2 Å². The summed E-state index contributed by atoms with van der Waals surface area (Å²) in [7, 11) is 0.531. The zero-order valence-corrected chi connectivity index (χ0v) is 19.3. The lowest BCUT2D eigenvalue weighted by atomic mass is 9.78. The summed E-state index contributed by atoms with van der Waals surface area (Å²) in [6, 6.07) is 6.56. The van der Waals surface area contributed by atoms with Crippen molar-refractivity contribution in [3.05, 3.63) is 60.5 Å². The number of carbonyl (C=O) groups excluding carboxylic acids is 2. The Morgan fingerprint density at radius 2 is 1.65 bits per heavy atom.